The Labute approximate surface area is 85.7 Å². The lowest BCUT2D eigenvalue weighted by atomic mass is 9.95. The summed E-state index contributed by atoms with van der Waals surface area (Å²) in [4.78, 5) is 4.30. The molecule has 1 N–H and O–H groups in total. The van der Waals surface area contributed by atoms with E-state index in [9.17, 15) is 0 Å². The van der Waals surface area contributed by atoms with Crippen LogP contribution in [0.25, 0.3) is 0 Å². The smallest absolute Gasteiger partial charge is 0.0541 e. The van der Waals surface area contributed by atoms with Gasteiger partial charge in [0.05, 0.1) is 5.69 Å². The summed E-state index contributed by atoms with van der Waals surface area (Å²) in [6.45, 7) is 0.922. The number of hydrogen-bond donors (Lipinski definition) is 1. The van der Waals surface area contributed by atoms with E-state index in [0.29, 0.717) is 0 Å². The Bertz CT molecular complexity index is 252. The van der Waals surface area contributed by atoms with Gasteiger partial charge >= 0.3 is 0 Å². The van der Waals surface area contributed by atoms with E-state index in [4.69, 9.17) is 0 Å². The first-order valence-electron chi connectivity index (χ1n) is 5.58. The molecule has 0 spiro atoms. The van der Waals surface area contributed by atoms with Crippen LogP contribution in [0, 0.1) is 0 Å². The van der Waals surface area contributed by atoms with Crippen molar-refractivity contribution in [2.45, 2.75) is 44.7 Å². The minimum atomic E-state index is 0.728. The van der Waals surface area contributed by atoms with Crippen LogP contribution in [0.4, 0.5) is 0 Å². The summed E-state index contributed by atoms with van der Waals surface area (Å²) in [5.41, 5.74) is 1.15. The molecule has 76 valence electrons. The molecule has 0 radical (unpaired) electrons. The van der Waals surface area contributed by atoms with Gasteiger partial charge in [0, 0.05) is 18.8 Å². The molecule has 2 heteroatoms. The summed E-state index contributed by atoms with van der Waals surface area (Å²) in [5, 5.41) is 3.58. The van der Waals surface area contributed by atoms with Gasteiger partial charge in [0.15, 0.2) is 0 Å². The van der Waals surface area contributed by atoms with Crippen LogP contribution >= 0.6 is 0 Å². The number of nitrogens with zero attached hydrogens (tertiary/aromatic N) is 1. The summed E-state index contributed by atoms with van der Waals surface area (Å²) < 4.78 is 0. The molecule has 0 bridgehead atoms. The van der Waals surface area contributed by atoms with Gasteiger partial charge in [-0.1, -0.05) is 25.3 Å². The molecule has 0 atom stereocenters. The van der Waals surface area contributed by atoms with Gasteiger partial charge in [-0.3, -0.25) is 4.98 Å². The molecule has 1 saturated carbocycles. The second kappa shape index (κ2) is 5.11. The summed E-state index contributed by atoms with van der Waals surface area (Å²) in [6, 6.07) is 6.82. The zero-order chi connectivity index (χ0) is 9.64. The van der Waals surface area contributed by atoms with E-state index >= 15 is 0 Å². The fourth-order valence-electron chi connectivity index (χ4n) is 2.06. The highest BCUT2D eigenvalue weighted by Gasteiger charge is 2.12. The number of pyridine rings is 1. The molecular formula is C12H18N2. The lowest BCUT2D eigenvalue weighted by Gasteiger charge is -2.22. The maximum Gasteiger partial charge on any atom is 0.0541 e. The molecule has 0 aliphatic heterocycles. The maximum atomic E-state index is 4.30. The zero-order valence-electron chi connectivity index (χ0n) is 8.58. The highest BCUT2D eigenvalue weighted by Crippen LogP contribution is 2.17. The van der Waals surface area contributed by atoms with Crippen molar-refractivity contribution in [2.24, 2.45) is 0 Å². The fourth-order valence-corrected chi connectivity index (χ4v) is 2.06. The van der Waals surface area contributed by atoms with Gasteiger partial charge in [-0.05, 0) is 25.0 Å². The molecule has 14 heavy (non-hydrogen) atoms. The van der Waals surface area contributed by atoms with Gasteiger partial charge in [-0.2, -0.15) is 0 Å². The van der Waals surface area contributed by atoms with Crippen LogP contribution in [-0.2, 0) is 6.54 Å². The van der Waals surface area contributed by atoms with Crippen molar-refractivity contribution in [1.82, 2.24) is 10.3 Å². The highest BCUT2D eigenvalue weighted by molar-refractivity contribution is 5.03. The number of hydrogen-bond acceptors (Lipinski definition) is 2. The van der Waals surface area contributed by atoms with Crippen molar-refractivity contribution < 1.29 is 0 Å². The van der Waals surface area contributed by atoms with Crippen molar-refractivity contribution in [2.75, 3.05) is 0 Å². The third kappa shape index (κ3) is 2.81. The Morgan fingerprint density at radius 1 is 1.21 bits per heavy atom. The van der Waals surface area contributed by atoms with Crippen LogP contribution in [0.1, 0.15) is 37.8 Å². The first-order valence-corrected chi connectivity index (χ1v) is 5.58. The average molecular weight is 190 g/mol. The highest BCUT2D eigenvalue weighted by atomic mass is 14.9. The fraction of sp³-hybridized carbons (Fsp3) is 0.583. The van der Waals surface area contributed by atoms with Crippen LogP contribution < -0.4 is 5.32 Å². The Hall–Kier alpha value is -0.890. The third-order valence-electron chi connectivity index (χ3n) is 2.90. The summed E-state index contributed by atoms with van der Waals surface area (Å²) in [5.74, 6) is 0. The lowest BCUT2D eigenvalue weighted by molar-refractivity contribution is 0.371. The van der Waals surface area contributed by atoms with E-state index in [0.717, 1.165) is 18.3 Å². The van der Waals surface area contributed by atoms with Gasteiger partial charge < -0.3 is 5.32 Å². The van der Waals surface area contributed by atoms with Crippen molar-refractivity contribution in [3.05, 3.63) is 30.1 Å². The quantitative estimate of drug-likeness (QED) is 0.792. The number of aromatic nitrogens is 1. The Kier molecular flexibility index (Phi) is 3.52. The topological polar surface area (TPSA) is 24.9 Å². The molecule has 0 aromatic carbocycles. The van der Waals surface area contributed by atoms with E-state index < -0.39 is 0 Å². The van der Waals surface area contributed by atoms with Gasteiger partial charge in [-0.15, -0.1) is 0 Å². The molecule has 1 aliphatic rings. The van der Waals surface area contributed by atoms with E-state index in [1.807, 2.05) is 18.3 Å². The zero-order valence-corrected chi connectivity index (χ0v) is 8.58. The van der Waals surface area contributed by atoms with Crippen LogP contribution in [0.3, 0.4) is 0 Å². The monoisotopic (exact) mass is 190 g/mol. The molecule has 1 aromatic rings. The SMILES string of the molecule is c1ccc(CNC2CCCCC2)nc1. The molecule has 1 heterocycles. The van der Waals surface area contributed by atoms with E-state index in [-0.39, 0.29) is 0 Å². The van der Waals surface area contributed by atoms with E-state index in [1.165, 1.54) is 32.1 Å². The van der Waals surface area contributed by atoms with Crippen molar-refractivity contribution >= 4 is 0 Å². The molecule has 0 saturated heterocycles. The third-order valence-corrected chi connectivity index (χ3v) is 2.90. The average Bonchev–Trinajstić information content (AvgIpc) is 2.29. The molecule has 1 aromatic heterocycles. The van der Waals surface area contributed by atoms with Crippen LogP contribution in [0.5, 0.6) is 0 Å². The van der Waals surface area contributed by atoms with Gasteiger partial charge in [-0.25, -0.2) is 0 Å². The Morgan fingerprint density at radius 2 is 2.07 bits per heavy atom. The van der Waals surface area contributed by atoms with Crippen LogP contribution in [0.15, 0.2) is 24.4 Å². The lowest BCUT2D eigenvalue weighted by Crippen LogP contribution is -2.30. The molecule has 1 fully saturated rings. The number of rotatable bonds is 3. The molecule has 0 unspecified atom stereocenters. The molecular weight excluding hydrogens is 172 g/mol. The predicted molar refractivity (Wildman–Crippen MR) is 57.9 cm³/mol. The maximum absolute atomic E-state index is 4.30. The first kappa shape index (κ1) is 9.66. The van der Waals surface area contributed by atoms with Crippen molar-refractivity contribution in [1.29, 1.82) is 0 Å². The van der Waals surface area contributed by atoms with Crippen molar-refractivity contribution in [3.63, 3.8) is 0 Å². The molecule has 0 amide bonds. The molecule has 2 rings (SSSR count). The van der Waals surface area contributed by atoms with Crippen LogP contribution in [-0.4, -0.2) is 11.0 Å². The summed E-state index contributed by atoms with van der Waals surface area (Å²) in [6.07, 6.45) is 8.74. The van der Waals surface area contributed by atoms with Crippen molar-refractivity contribution in [3.8, 4) is 0 Å². The van der Waals surface area contributed by atoms with Crippen LogP contribution in [0.2, 0.25) is 0 Å². The van der Waals surface area contributed by atoms with Gasteiger partial charge in [0.1, 0.15) is 0 Å². The summed E-state index contributed by atoms with van der Waals surface area (Å²) >= 11 is 0. The second-order valence-corrected chi connectivity index (χ2v) is 4.04. The Morgan fingerprint density at radius 3 is 2.79 bits per heavy atom. The summed E-state index contributed by atoms with van der Waals surface area (Å²) in [7, 11) is 0. The molecule has 1 aliphatic carbocycles. The normalized spacial score (nSPS) is 18.3. The van der Waals surface area contributed by atoms with E-state index in [1.54, 1.807) is 0 Å². The van der Waals surface area contributed by atoms with Gasteiger partial charge in [0.25, 0.3) is 0 Å². The number of nitrogens with one attached hydrogen (secondary N) is 1. The Balaban J connectivity index is 1.76. The predicted octanol–water partition coefficient (Wildman–Crippen LogP) is 2.50. The minimum Gasteiger partial charge on any atom is -0.308 e. The molecule has 2 nitrogen and oxygen atoms in total. The largest absolute Gasteiger partial charge is 0.308 e. The second-order valence-electron chi connectivity index (χ2n) is 4.04. The minimum absolute atomic E-state index is 0.728. The van der Waals surface area contributed by atoms with E-state index in [2.05, 4.69) is 16.4 Å². The van der Waals surface area contributed by atoms with Gasteiger partial charge in [0.2, 0.25) is 0 Å². The standard InChI is InChI=1S/C12H18N2/c1-2-6-11(7-3-1)14-10-12-8-4-5-9-13-12/h4-5,8-9,11,14H,1-3,6-7,10H2. The first-order chi connectivity index (χ1) is 6.95.